The van der Waals surface area contributed by atoms with Gasteiger partial charge in [-0.15, -0.1) is 0 Å². The van der Waals surface area contributed by atoms with E-state index >= 15 is 0 Å². The van der Waals surface area contributed by atoms with Gasteiger partial charge in [-0.2, -0.15) is 5.10 Å². The third-order valence-electron chi connectivity index (χ3n) is 4.85. The Kier molecular flexibility index (Phi) is 4.10. The van der Waals surface area contributed by atoms with Crippen molar-refractivity contribution in [1.29, 1.82) is 0 Å². The molecule has 1 atom stereocenters. The Morgan fingerprint density at radius 1 is 1.29 bits per heavy atom. The summed E-state index contributed by atoms with van der Waals surface area (Å²) in [6.07, 6.45) is 6.40. The molecule has 0 radical (unpaired) electrons. The third-order valence-corrected chi connectivity index (χ3v) is 4.85. The fourth-order valence-corrected chi connectivity index (χ4v) is 3.36. The quantitative estimate of drug-likeness (QED) is 0.876. The van der Waals surface area contributed by atoms with E-state index in [1.807, 2.05) is 0 Å². The molecule has 0 amide bonds. The summed E-state index contributed by atoms with van der Waals surface area (Å²) in [4.78, 5) is 0. The van der Waals surface area contributed by atoms with E-state index in [2.05, 4.69) is 37.7 Å². The molecule has 3 rings (SSSR count). The Balaban J connectivity index is 1.60. The first-order valence-electron chi connectivity index (χ1n) is 8.39. The summed E-state index contributed by atoms with van der Waals surface area (Å²) >= 11 is 0. The summed E-state index contributed by atoms with van der Waals surface area (Å²) < 4.78 is 8.27. The highest BCUT2D eigenvalue weighted by Crippen LogP contribution is 2.30. The molecule has 1 aromatic rings. The van der Waals surface area contributed by atoms with E-state index in [0.29, 0.717) is 6.10 Å². The average molecular weight is 291 g/mol. The molecule has 21 heavy (non-hydrogen) atoms. The predicted molar refractivity (Wildman–Crippen MR) is 84.6 cm³/mol. The average Bonchev–Trinajstić information content (AvgIpc) is 3.11. The van der Waals surface area contributed by atoms with Crippen molar-refractivity contribution < 1.29 is 4.74 Å². The minimum absolute atomic E-state index is 0.0395. The van der Waals surface area contributed by atoms with Crippen LogP contribution >= 0.6 is 0 Å². The Labute approximate surface area is 128 Å². The molecule has 1 aliphatic carbocycles. The fourth-order valence-electron chi connectivity index (χ4n) is 3.36. The van der Waals surface area contributed by atoms with Gasteiger partial charge in [0.1, 0.15) is 0 Å². The third kappa shape index (κ3) is 3.67. The highest BCUT2D eigenvalue weighted by Gasteiger charge is 2.32. The zero-order valence-electron chi connectivity index (χ0n) is 13.9. The molecule has 4 heteroatoms. The van der Waals surface area contributed by atoms with Gasteiger partial charge in [0.2, 0.25) is 0 Å². The van der Waals surface area contributed by atoms with E-state index in [1.165, 1.54) is 29.8 Å². The number of rotatable bonds is 6. The van der Waals surface area contributed by atoms with Crippen molar-refractivity contribution in [1.82, 2.24) is 15.1 Å². The van der Waals surface area contributed by atoms with Crippen LogP contribution in [0.3, 0.4) is 0 Å². The number of nitrogens with one attached hydrogen (secondary N) is 1. The molecule has 1 aromatic heterocycles. The molecule has 1 N–H and O–H groups in total. The lowest BCUT2D eigenvalue weighted by Crippen LogP contribution is -2.24. The molecule has 0 bridgehead atoms. The van der Waals surface area contributed by atoms with Gasteiger partial charge >= 0.3 is 0 Å². The van der Waals surface area contributed by atoms with Crippen molar-refractivity contribution in [2.45, 2.75) is 84.1 Å². The lowest BCUT2D eigenvalue weighted by Gasteiger charge is -2.19. The van der Waals surface area contributed by atoms with Crippen LogP contribution in [0.4, 0.5) is 0 Å². The van der Waals surface area contributed by atoms with Gasteiger partial charge in [0.05, 0.1) is 23.9 Å². The van der Waals surface area contributed by atoms with Gasteiger partial charge in [0.15, 0.2) is 0 Å². The molecule has 1 saturated carbocycles. The highest BCUT2D eigenvalue weighted by molar-refractivity contribution is 5.25. The second kappa shape index (κ2) is 5.73. The lowest BCUT2D eigenvalue weighted by molar-refractivity contribution is -0.0232. The number of hydrogen-bond acceptors (Lipinski definition) is 3. The first-order valence-corrected chi connectivity index (χ1v) is 8.39. The van der Waals surface area contributed by atoms with Crippen LogP contribution in [0.1, 0.15) is 56.5 Å². The molecule has 2 heterocycles. The standard InChI is InChI=1S/C17H29N3O/c1-12-16(8-10-18-14-5-6-14)13(2)20(19-12)11-15-7-9-17(3,4)21-15/h14-15,18H,5-11H2,1-4H3. The summed E-state index contributed by atoms with van der Waals surface area (Å²) in [5.41, 5.74) is 3.96. The maximum Gasteiger partial charge on any atom is 0.0779 e. The fraction of sp³-hybridized carbons (Fsp3) is 0.824. The largest absolute Gasteiger partial charge is 0.370 e. The van der Waals surface area contributed by atoms with Crippen LogP contribution in [-0.4, -0.2) is 34.1 Å². The van der Waals surface area contributed by atoms with Crippen LogP contribution in [0.15, 0.2) is 0 Å². The number of aryl methyl sites for hydroxylation is 1. The van der Waals surface area contributed by atoms with Crippen molar-refractivity contribution in [3.8, 4) is 0 Å². The molecule has 118 valence electrons. The first-order chi connectivity index (χ1) is 9.94. The van der Waals surface area contributed by atoms with E-state index in [-0.39, 0.29) is 5.60 Å². The number of hydrogen-bond donors (Lipinski definition) is 1. The summed E-state index contributed by atoms with van der Waals surface area (Å²) in [5.74, 6) is 0. The summed E-state index contributed by atoms with van der Waals surface area (Å²) in [6, 6.07) is 0.787. The molecular weight excluding hydrogens is 262 g/mol. The summed E-state index contributed by atoms with van der Waals surface area (Å²) in [7, 11) is 0. The van der Waals surface area contributed by atoms with Gasteiger partial charge in [-0.1, -0.05) is 0 Å². The molecule has 2 aliphatic rings. The van der Waals surface area contributed by atoms with Gasteiger partial charge in [0, 0.05) is 11.7 Å². The Hall–Kier alpha value is -0.870. The normalized spacial score (nSPS) is 24.7. The Morgan fingerprint density at radius 2 is 2.05 bits per heavy atom. The van der Waals surface area contributed by atoms with E-state index in [0.717, 1.165) is 38.4 Å². The molecule has 4 nitrogen and oxygen atoms in total. The summed E-state index contributed by atoms with van der Waals surface area (Å²) in [6.45, 7) is 10.7. The molecule has 1 aliphatic heterocycles. The van der Waals surface area contributed by atoms with Crippen molar-refractivity contribution in [3.05, 3.63) is 17.0 Å². The maximum atomic E-state index is 6.10. The monoisotopic (exact) mass is 291 g/mol. The van der Waals surface area contributed by atoms with E-state index in [9.17, 15) is 0 Å². The highest BCUT2D eigenvalue weighted by atomic mass is 16.5. The van der Waals surface area contributed by atoms with Crippen molar-refractivity contribution in [2.75, 3.05) is 6.54 Å². The second-order valence-corrected chi connectivity index (χ2v) is 7.35. The number of nitrogens with zero attached hydrogens (tertiary/aromatic N) is 2. The van der Waals surface area contributed by atoms with Crippen molar-refractivity contribution in [2.24, 2.45) is 0 Å². The minimum Gasteiger partial charge on any atom is -0.370 e. The van der Waals surface area contributed by atoms with Crippen molar-refractivity contribution in [3.63, 3.8) is 0 Å². The topological polar surface area (TPSA) is 39.1 Å². The molecule has 1 saturated heterocycles. The summed E-state index contributed by atoms with van der Waals surface area (Å²) in [5, 5.41) is 8.33. The SMILES string of the molecule is Cc1nn(CC2CCC(C)(C)O2)c(C)c1CCNC1CC1. The maximum absolute atomic E-state index is 6.10. The van der Waals surface area contributed by atoms with Crippen molar-refractivity contribution >= 4 is 0 Å². The van der Waals surface area contributed by atoms with Crippen LogP contribution in [0.5, 0.6) is 0 Å². The van der Waals surface area contributed by atoms with Gasteiger partial charge in [-0.3, -0.25) is 4.68 Å². The van der Waals surface area contributed by atoms with Gasteiger partial charge in [-0.05, 0) is 71.9 Å². The minimum atomic E-state index is 0.0395. The van der Waals surface area contributed by atoms with Gasteiger partial charge in [-0.25, -0.2) is 0 Å². The van der Waals surface area contributed by atoms with Crippen LogP contribution in [0, 0.1) is 13.8 Å². The zero-order chi connectivity index (χ0) is 15.0. The van der Waals surface area contributed by atoms with E-state index in [4.69, 9.17) is 9.84 Å². The molecule has 0 aromatic carbocycles. The molecule has 1 unspecified atom stereocenters. The predicted octanol–water partition coefficient (Wildman–Crippen LogP) is 2.75. The van der Waals surface area contributed by atoms with Gasteiger partial charge < -0.3 is 10.1 Å². The van der Waals surface area contributed by atoms with Gasteiger partial charge in [0.25, 0.3) is 0 Å². The van der Waals surface area contributed by atoms with E-state index < -0.39 is 0 Å². The van der Waals surface area contributed by atoms with Crippen LogP contribution in [-0.2, 0) is 17.7 Å². The van der Waals surface area contributed by atoms with Crippen LogP contribution < -0.4 is 5.32 Å². The van der Waals surface area contributed by atoms with E-state index in [1.54, 1.807) is 0 Å². The molecule has 0 spiro atoms. The Morgan fingerprint density at radius 3 is 2.67 bits per heavy atom. The Bertz CT molecular complexity index is 502. The molecule has 2 fully saturated rings. The number of aromatic nitrogens is 2. The smallest absolute Gasteiger partial charge is 0.0779 e. The first kappa shape index (κ1) is 15.0. The van der Waals surface area contributed by atoms with Crippen LogP contribution in [0.2, 0.25) is 0 Å². The second-order valence-electron chi connectivity index (χ2n) is 7.35. The number of ether oxygens (including phenoxy) is 1. The molecular formula is C17H29N3O. The zero-order valence-corrected chi connectivity index (χ0v) is 13.9. The van der Waals surface area contributed by atoms with Crippen LogP contribution in [0.25, 0.3) is 0 Å². The lowest BCUT2D eigenvalue weighted by atomic mass is 10.1.